The summed E-state index contributed by atoms with van der Waals surface area (Å²) in [5.41, 5.74) is 5.62. The minimum absolute atomic E-state index is 0.303. The lowest BCUT2D eigenvalue weighted by molar-refractivity contribution is 0.702. The van der Waals surface area contributed by atoms with Crippen LogP contribution in [0.15, 0.2) is 51.1 Å². The molecule has 8 nitrogen and oxygen atoms in total. The van der Waals surface area contributed by atoms with Crippen LogP contribution in [0.3, 0.4) is 0 Å². The Hall–Kier alpha value is -3.42. The lowest BCUT2D eigenvalue weighted by atomic mass is 10.2. The van der Waals surface area contributed by atoms with Crippen molar-refractivity contribution in [2.75, 3.05) is 5.43 Å². The van der Waals surface area contributed by atoms with Crippen molar-refractivity contribution in [3.8, 4) is 0 Å². The highest BCUT2D eigenvalue weighted by atomic mass is 16.2. The first-order chi connectivity index (χ1) is 12.8. The van der Waals surface area contributed by atoms with E-state index in [9.17, 15) is 9.59 Å². The molecule has 0 aliphatic carbocycles. The minimum atomic E-state index is -0.429. The molecule has 2 aromatic heterocycles. The highest BCUT2D eigenvalue weighted by Crippen LogP contribution is 2.17. The molecule has 0 atom stereocenters. The lowest BCUT2D eigenvalue weighted by Gasteiger charge is -2.08. The molecule has 0 aliphatic heterocycles. The minimum Gasteiger partial charge on any atom is -0.299 e. The Morgan fingerprint density at radius 3 is 2.52 bits per heavy atom. The van der Waals surface area contributed by atoms with Crippen molar-refractivity contribution >= 4 is 23.3 Å². The van der Waals surface area contributed by atoms with E-state index in [1.165, 1.54) is 17.2 Å². The van der Waals surface area contributed by atoms with Crippen LogP contribution in [0.5, 0.6) is 0 Å². The average molecular weight is 366 g/mol. The summed E-state index contributed by atoms with van der Waals surface area (Å²) in [4.78, 5) is 29.2. The van der Waals surface area contributed by atoms with Crippen LogP contribution < -0.4 is 16.7 Å². The number of allylic oxidation sites excluding steroid dienone is 1. The second-order valence-electron chi connectivity index (χ2n) is 6.64. The fraction of sp³-hybridized carbons (Fsp3) is 0.263. The van der Waals surface area contributed by atoms with E-state index in [1.54, 1.807) is 17.8 Å². The third kappa shape index (κ3) is 3.46. The molecule has 0 bridgehead atoms. The second-order valence-corrected chi connectivity index (χ2v) is 6.64. The summed E-state index contributed by atoms with van der Waals surface area (Å²) in [6.45, 7) is 8.17. The largest absolute Gasteiger partial charge is 0.332 e. The van der Waals surface area contributed by atoms with E-state index in [0.29, 0.717) is 23.7 Å². The highest BCUT2D eigenvalue weighted by molar-refractivity contribution is 5.80. The number of nitrogens with zero attached hydrogens (tertiary/aromatic N) is 5. The SMILES string of the molecule is C=C(C)Cn1c(N/N=C\c2ccc(C)cc2)nc2c1c(=O)n(C)c(=O)n2C. The summed E-state index contributed by atoms with van der Waals surface area (Å²) in [6.07, 6.45) is 1.67. The van der Waals surface area contributed by atoms with Gasteiger partial charge in [0.2, 0.25) is 5.95 Å². The highest BCUT2D eigenvalue weighted by Gasteiger charge is 2.18. The normalized spacial score (nSPS) is 11.4. The van der Waals surface area contributed by atoms with Gasteiger partial charge < -0.3 is 0 Å². The summed E-state index contributed by atoms with van der Waals surface area (Å²) < 4.78 is 4.10. The Kier molecular flexibility index (Phi) is 4.81. The zero-order valence-electron chi connectivity index (χ0n) is 15.9. The fourth-order valence-corrected chi connectivity index (χ4v) is 2.77. The predicted octanol–water partition coefficient (Wildman–Crippen LogP) is 1.76. The van der Waals surface area contributed by atoms with Gasteiger partial charge in [-0.05, 0) is 19.4 Å². The van der Waals surface area contributed by atoms with Crippen LogP contribution in [-0.2, 0) is 20.6 Å². The number of hydrogen-bond acceptors (Lipinski definition) is 5. The molecule has 1 aromatic carbocycles. The van der Waals surface area contributed by atoms with Crippen LogP contribution in [0, 0.1) is 6.92 Å². The van der Waals surface area contributed by atoms with Crippen molar-refractivity contribution in [1.82, 2.24) is 18.7 Å². The maximum Gasteiger partial charge on any atom is 0.332 e. The van der Waals surface area contributed by atoms with E-state index in [1.807, 2.05) is 38.1 Å². The standard InChI is InChI=1S/C19H22N6O2/c1-12(2)11-25-15-16(23(4)19(27)24(5)17(15)26)21-18(25)22-20-10-14-8-6-13(3)7-9-14/h6-10H,1,11H2,2-5H3,(H,21,22)/b20-10-. The Morgan fingerprint density at radius 1 is 1.22 bits per heavy atom. The fourth-order valence-electron chi connectivity index (χ4n) is 2.77. The van der Waals surface area contributed by atoms with Crippen molar-refractivity contribution in [3.05, 3.63) is 68.4 Å². The third-order valence-corrected chi connectivity index (χ3v) is 4.23. The Labute approximate surface area is 156 Å². The molecular formula is C19H22N6O2. The van der Waals surface area contributed by atoms with Crippen LogP contribution in [0.1, 0.15) is 18.1 Å². The van der Waals surface area contributed by atoms with Crippen molar-refractivity contribution in [2.24, 2.45) is 19.2 Å². The van der Waals surface area contributed by atoms with E-state index >= 15 is 0 Å². The van der Waals surface area contributed by atoms with Gasteiger partial charge in [-0.25, -0.2) is 10.2 Å². The molecule has 3 rings (SSSR count). The number of imidazole rings is 1. The van der Waals surface area contributed by atoms with Crippen molar-refractivity contribution in [3.63, 3.8) is 0 Å². The molecule has 1 N–H and O–H groups in total. The molecule has 0 radical (unpaired) electrons. The molecule has 0 unspecified atom stereocenters. The first-order valence-electron chi connectivity index (χ1n) is 8.46. The first-order valence-corrected chi connectivity index (χ1v) is 8.46. The van der Waals surface area contributed by atoms with Crippen LogP contribution in [0.25, 0.3) is 11.2 Å². The summed E-state index contributed by atoms with van der Waals surface area (Å²) >= 11 is 0. The molecule has 8 heteroatoms. The lowest BCUT2D eigenvalue weighted by Crippen LogP contribution is -2.37. The number of hydrazone groups is 1. The maximum atomic E-state index is 12.6. The Morgan fingerprint density at radius 2 is 1.89 bits per heavy atom. The van der Waals surface area contributed by atoms with Gasteiger partial charge in [-0.15, -0.1) is 0 Å². The van der Waals surface area contributed by atoms with Gasteiger partial charge in [0.25, 0.3) is 5.56 Å². The van der Waals surface area contributed by atoms with Crippen molar-refractivity contribution in [2.45, 2.75) is 20.4 Å². The van der Waals surface area contributed by atoms with Gasteiger partial charge in [0.05, 0.1) is 6.21 Å². The molecule has 140 valence electrons. The number of rotatable bonds is 5. The molecule has 0 spiro atoms. The van der Waals surface area contributed by atoms with Crippen LogP contribution >= 0.6 is 0 Å². The molecule has 0 amide bonds. The smallest absolute Gasteiger partial charge is 0.299 e. The van der Waals surface area contributed by atoms with Crippen LogP contribution in [-0.4, -0.2) is 24.9 Å². The number of fused-ring (bicyclic) bond motifs is 1. The van der Waals surface area contributed by atoms with Gasteiger partial charge in [-0.3, -0.25) is 18.5 Å². The molecule has 3 aromatic rings. The number of hydrogen-bond donors (Lipinski definition) is 1. The van der Waals surface area contributed by atoms with Gasteiger partial charge in [-0.1, -0.05) is 42.0 Å². The molecule has 0 aliphatic rings. The molecule has 0 saturated carbocycles. The number of aryl methyl sites for hydroxylation is 2. The first kappa shape index (κ1) is 18.4. The summed E-state index contributed by atoms with van der Waals surface area (Å²) in [5, 5.41) is 4.22. The van der Waals surface area contributed by atoms with Crippen molar-refractivity contribution in [1.29, 1.82) is 0 Å². The average Bonchev–Trinajstić information content (AvgIpc) is 2.98. The van der Waals surface area contributed by atoms with Crippen LogP contribution in [0.2, 0.25) is 0 Å². The van der Waals surface area contributed by atoms with Gasteiger partial charge in [0.15, 0.2) is 11.2 Å². The maximum absolute atomic E-state index is 12.6. The van der Waals surface area contributed by atoms with Gasteiger partial charge >= 0.3 is 5.69 Å². The van der Waals surface area contributed by atoms with E-state index < -0.39 is 11.2 Å². The monoisotopic (exact) mass is 366 g/mol. The van der Waals surface area contributed by atoms with Gasteiger partial charge in [0.1, 0.15) is 0 Å². The molecule has 0 saturated heterocycles. The van der Waals surface area contributed by atoms with E-state index in [2.05, 4.69) is 22.1 Å². The topological polar surface area (TPSA) is 86.2 Å². The number of anilines is 1. The molecule has 2 heterocycles. The van der Waals surface area contributed by atoms with Gasteiger partial charge in [-0.2, -0.15) is 10.1 Å². The molecule has 27 heavy (non-hydrogen) atoms. The van der Waals surface area contributed by atoms with E-state index in [0.717, 1.165) is 15.7 Å². The summed E-state index contributed by atoms with van der Waals surface area (Å²) in [5.74, 6) is 0.370. The van der Waals surface area contributed by atoms with E-state index in [4.69, 9.17) is 0 Å². The molecule has 0 fully saturated rings. The number of nitrogens with one attached hydrogen (secondary N) is 1. The van der Waals surface area contributed by atoms with Crippen molar-refractivity contribution < 1.29 is 0 Å². The van der Waals surface area contributed by atoms with Gasteiger partial charge in [0, 0.05) is 20.6 Å². The Bertz CT molecular complexity index is 1160. The van der Waals surface area contributed by atoms with Crippen LogP contribution in [0.4, 0.5) is 5.95 Å². The summed E-state index contributed by atoms with van der Waals surface area (Å²) in [7, 11) is 3.03. The number of aromatic nitrogens is 4. The Balaban J connectivity index is 2.09. The third-order valence-electron chi connectivity index (χ3n) is 4.23. The predicted molar refractivity (Wildman–Crippen MR) is 107 cm³/mol. The second kappa shape index (κ2) is 7.06. The quantitative estimate of drug-likeness (QED) is 0.424. The van der Waals surface area contributed by atoms with E-state index in [-0.39, 0.29) is 0 Å². The summed E-state index contributed by atoms with van der Waals surface area (Å²) in [6, 6.07) is 7.90. The zero-order valence-corrected chi connectivity index (χ0v) is 15.9. The number of benzene rings is 1. The molecular weight excluding hydrogens is 344 g/mol. The zero-order chi connectivity index (χ0) is 19.7.